The van der Waals surface area contributed by atoms with Crippen molar-refractivity contribution in [3.05, 3.63) is 68.3 Å². The van der Waals surface area contributed by atoms with Gasteiger partial charge in [-0.05, 0) is 63.4 Å². The molecular weight excluding hydrogens is 342 g/mol. The van der Waals surface area contributed by atoms with Gasteiger partial charge in [0.25, 0.3) is 0 Å². The molecule has 0 fully saturated rings. The van der Waals surface area contributed by atoms with Gasteiger partial charge >= 0.3 is 0 Å². The molecule has 1 nitrogen and oxygen atoms in total. The van der Waals surface area contributed by atoms with Crippen LogP contribution < -0.4 is 5.32 Å². The second kappa shape index (κ2) is 6.30. The fourth-order valence-corrected chi connectivity index (χ4v) is 4.29. The first-order valence-corrected chi connectivity index (χ1v) is 8.78. The van der Waals surface area contributed by atoms with E-state index in [9.17, 15) is 0 Å². The SMILES string of the molecule is CCNC(c1ccc(Br)s1)c1ccc(C)c2ccccc12. The van der Waals surface area contributed by atoms with Gasteiger partial charge < -0.3 is 5.32 Å². The average Bonchev–Trinajstić information content (AvgIpc) is 2.92. The summed E-state index contributed by atoms with van der Waals surface area (Å²) in [7, 11) is 0. The number of aryl methyl sites for hydroxylation is 1. The topological polar surface area (TPSA) is 12.0 Å². The van der Waals surface area contributed by atoms with Crippen LogP contribution in [0.25, 0.3) is 10.8 Å². The van der Waals surface area contributed by atoms with Gasteiger partial charge in [0.15, 0.2) is 0 Å². The molecule has 21 heavy (non-hydrogen) atoms. The molecule has 0 aliphatic rings. The molecule has 3 heteroatoms. The second-order valence-corrected chi connectivity index (χ2v) is 7.64. The van der Waals surface area contributed by atoms with Gasteiger partial charge in [0.2, 0.25) is 0 Å². The van der Waals surface area contributed by atoms with Crippen molar-refractivity contribution in [1.29, 1.82) is 0 Å². The summed E-state index contributed by atoms with van der Waals surface area (Å²) in [5.41, 5.74) is 2.68. The van der Waals surface area contributed by atoms with Crippen LogP contribution in [0.5, 0.6) is 0 Å². The molecule has 0 aliphatic carbocycles. The van der Waals surface area contributed by atoms with Crippen molar-refractivity contribution < 1.29 is 0 Å². The Kier molecular flexibility index (Phi) is 4.43. The molecule has 1 heterocycles. The normalized spacial score (nSPS) is 12.7. The highest BCUT2D eigenvalue weighted by molar-refractivity contribution is 9.11. The molecule has 1 unspecified atom stereocenters. The maximum absolute atomic E-state index is 3.63. The first kappa shape index (κ1) is 14.8. The summed E-state index contributed by atoms with van der Waals surface area (Å²) in [6.45, 7) is 5.28. The summed E-state index contributed by atoms with van der Waals surface area (Å²) in [4.78, 5) is 1.35. The minimum Gasteiger partial charge on any atom is -0.306 e. The molecule has 0 spiro atoms. The predicted octanol–water partition coefficient (Wildman–Crippen LogP) is 5.67. The zero-order valence-corrected chi connectivity index (χ0v) is 14.6. The third-order valence-electron chi connectivity index (χ3n) is 3.77. The van der Waals surface area contributed by atoms with Crippen LogP contribution in [0.15, 0.2) is 52.3 Å². The predicted molar refractivity (Wildman–Crippen MR) is 96.2 cm³/mol. The maximum atomic E-state index is 3.63. The van der Waals surface area contributed by atoms with Crippen LogP contribution in [0.4, 0.5) is 0 Å². The quantitative estimate of drug-likeness (QED) is 0.632. The summed E-state index contributed by atoms with van der Waals surface area (Å²) in [6, 6.07) is 17.7. The van der Waals surface area contributed by atoms with E-state index in [4.69, 9.17) is 0 Å². The Labute approximate surface area is 138 Å². The lowest BCUT2D eigenvalue weighted by molar-refractivity contribution is 0.643. The van der Waals surface area contributed by atoms with Gasteiger partial charge in [-0.2, -0.15) is 0 Å². The first-order valence-electron chi connectivity index (χ1n) is 7.17. The Bertz CT molecular complexity index is 763. The van der Waals surface area contributed by atoms with Gasteiger partial charge in [-0.15, -0.1) is 11.3 Å². The zero-order chi connectivity index (χ0) is 14.8. The lowest BCUT2D eigenvalue weighted by Gasteiger charge is -2.20. The van der Waals surface area contributed by atoms with Crippen molar-refractivity contribution in [3.63, 3.8) is 0 Å². The zero-order valence-electron chi connectivity index (χ0n) is 12.2. The molecule has 0 amide bonds. The number of rotatable bonds is 4. The summed E-state index contributed by atoms with van der Waals surface area (Å²) < 4.78 is 1.18. The number of halogens is 1. The third-order valence-corrected chi connectivity index (χ3v) is 5.46. The van der Waals surface area contributed by atoms with Crippen LogP contribution in [0.3, 0.4) is 0 Å². The van der Waals surface area contributed by atoms with Gasteiger partial charge in [-0.3, -0.25) is 0 Å². The van der Waals surface area contributed by atoms with E-state index in [1.807, 2.05) is 0 Å². The Morgan fingerprint density at radius 2 is 1.81 bits per heavy atom. The van der Waals surface area contributed by atoms with E-state index >= 15 is 0 Å². The van der Waals surface area contributed by atoms with E-state index in [1.165, 1.54) is 30.6 Å². The summed E-state index contributed by atoms with van der Waals surface area (Å²) >= 11 is 5.37. The molecule has 0 bridgehead atoms. The molecule has 3 rings (SSSR count). The van der Waals surface area contributed by atoms with Gasteiger partial charge in [0.1, 0.15) is 0 Å². The molecule has 1 N–H and O–H groups in total. The highest BCUT2D eigenvalue weighted by Crippen LogP contribution is 2.35. The molecule has 1 atom stereocenters. The largest absolute Gasteiger partial charge is 0.306 e. The van der Waals surface area contributed by atoms with Gasteiger partial charge in [0, 0.05) is 4.88 Å². The summed E-state index contributed by atoms with van der Waals surface area (Å²) in [5, 5.41) is 6.31. The lowest BCUT2D eigenvalue weighted by atomic mass is 9.95. The first-order chi connectivity index (χ1) is 10.2. The van der Waals surface area contributed by atoms with Gasteiger partial charge in [-0.1, -0.05) is 43.3 Å². The fraction of sp³-hybridized carbons (Fsp3) is 0.222. The average molecular weight is 360 g/mol. The van der Waals surface area contributed by atoms with E-state index < -0.39 is 0 Å². The number of hydrogen-bond acceptors (Lipinski definition) is 2. The third kappa shape index (κ3) is 2.91. The molecule has 1 aromatic heterocycles. The Hall–Kier alpha value is -1.16. The van der Waals surface area contributed by atoms with Crippen LogP contribution in [0.1, 0.15) is 29.0 Å². The highest BCUT2D eigenvalue weighted by atomic mass is 79.9. The lowest BCUT2D eigenvalue weighted by Crippen LogP contribution is -2.21. The molecular formula is C18H18BrNS. The molecule has 0 saturated carbocycles. The fourth-order valence-electron chi connectivity index (χ4n) is 2.78. The van der Waals surface area contributed by atoms with Crippen LogP contribution in [0, 0.1) is 6.92 Å². The Balaban J connectivity index is 2.18. The van der Waals surface area contributed by atoms with Crippen molar-refractivity contribution in [2.75, 3.05) is 6.54 Å². The Morgan fingerprint density at radius 1 is 1.05 bits per heavy atom. The molecule has 3 aromatic rings. The number of nitrogens with one attached hydrogen (secondary N) is 1. The van der Waals surface area contributed by atoms with Crippen molar-refractivity contribution in [2.24, 2.45) is 0 Å². The molecule has 0 saturated heterocycles. The van der Waals surface area contributed by atoms with Crippen molar-refractivity contribution >= 4 is 38.0 Å². The van der Waals surface area contributed by atoms with E-state index in [1.54, 1.807) is 11.3 Å². The number of fused-ring (bicyclic) bond motifs is 1. The van der Waals surface area contributed by atoms with E-state index in [0.29, 0.717) is 0 Å². The standard InChI is InChI=1S/C18H18BrNS/c1-3-20-18(16-10-11-17(19)21-16)15-9-8-12(2)13-6-4-5-7-14(13)15/h4-11,18,20H,3H2,1-2H3. The summed E-state index contributed by atoms with van der Waals surface area (Å²) in [6.07, 6.45) is 0. The van der Waals surface area contributed by atoms with Crippen LogP contribution in [-0.2, 0) is 0 Å². The minimum atomic E-state index is 0.247. The minimum absolute atomic E-state index is 0.247. The van der Waals surface area contributed by atoms with E-state index in [2.05, 4.69) is 83.6 Å². The van der Waals surface area contributed by atoms with Crippen LogP contribution in [0.2, 0.25) is 0 Å². The molecule has 0 radical (unpaired) electrons. The van der Waals surface area contributed by atoms with Gasteiger partial charge in [-0.25, -0.2) is 0 Å². The highest BCUT2D eigenvalue weighted by Gasteiger charge is 2.17. The van der Waals surface area contributed by atoms with E-state index in [-0.39, 0.29) is 6.04 Å². The monoisotopic (exact) mass is 359 g/mol. The number of thiophene rings is 1. The van der Waals surface area contributed by atoms with E-state index in [0.717, 1.165) is 6.54 Å². The van der Waals surface area contributed by atoms with Crippen molar-refractivity contribution in [2.45, 2.75) is 19.9 Å². The van der Waals surface area contributed by atoms with Crippen LogP contribution >= 0.6 is 27.3 Å². The van der Waals surface area contributed by atoms with Crippen molar-refractivity contribution in [1.82, 2.24) is 5.32 Å². The van der Waals surface area contributed by atoms with Crippen molar-refractivity contribution in [3.8, 4) is 0 Å². The number of benzene rings is 2. The second-order valence-electron chi connectivity index (χ2n) is 5.15. The molecule has 0 aliphatic heterocycles. The van der Waals surface area contributed by atoms with Gasteiger partial charge in [0.05, 0.1) is 9.83 Å². The molecule has 108 valence electrons. The summed E-state index contributed by atoms with van der Waals surface area (Å²) in [5.74, 6) is 0. The van der Waals surface area contributed by atoms with Crippen LogP contribution in [-0.4, -0.2) is 6.54 Å². The number of hydrogen-bond donors (Lipinski definition) is 1. The molecule has 2 aromatic carbocycles. The Morgan fingerprint density at radius 3 is 2.48 bits per heavy atom. The maximum Gasteiger partial charge on any atom is 0.0702 e. The smallest absolute Gasteiger partial charge is 0.0702 e.